The minimum absolute atomic E-state index is 0.245. The number of alkyl halides is 1. The second kappa shape index (κ2) is 4.13. The van der Waals surface area contributed by atoms with Crippen molar-refractivity contribution in [2.24, 2.45) is 0 Å². The molecule has 1 aromatic carbocycles. The van der Waals surface area contributed by atoms with Crippen LogP contribution in [0.3, 0.4) is 0 Å². The Bertz CT molecular complexity index is 551. The fourth-order valence-electron chi connectivity index (χ4n) is 1.82. The zero-order chi connectivity index (χ0) is 11.8. The Morgan fingerprint density at radius 2 is 2.12 bits per heavy atom. The molecule has 0 amide bonds. The van der Waals surface area contributed by atoms with Crippen molar-refractivity contribution in [1.29, 1.82) is 0 Å². The summed E-state index contributed by atoms with van der Waals surface area (Å²) in [5.74, 6) is 1.01. The first-order chi connectivity index (χ1) is 8.24. The van der Waals surface area contributed by atoms with E-state index in [2.05, 4.69) is 10.1 Å². The van der Waals surface area contributed by atoms with E-state index in [1.54, 1.807) is 0 Å². The molecule has 0 radical (unpaired) electrons. The molecule has 1 aliphatic heterocycles. The zero-order valence-electron chi connectivity index (χ0n) is 9.31. The van der Waals surface area contributed by atoms with Crippen molar-refractivity contribution in [1.82, 2.24) is 10.1 Å². The van der Waals surface area contributed by atoms with Gasteiger partial charge in [0.15, 0.2) is 5.82 Å². The number of fused-ring (bicyclic) bond motifs is 1. The van der Waals surface area contributed by atoms with Gasteiger partial charge in [-0.2, -0.15) is 4.98 Å². The maximum atomic E-state index is 5.89. The SMILES string of the molecule is CC(Cl)c1noc(-c2ccc3c(c2)COC3)n1. The molecule has 1 atom stereocenters. The van der Waals surface area contributed by atoms with Gasteiger partial charge in [0.05, 0.1) is 18.6 Å². The second-order valence-electron chi connectivity index (χ2n) is 4.05. The Hall–Kier alpha value is -1.39. The Kier molecular flexibility index (Phi) is 2.61. The second-order valence-corrected chi connectivity index (χ2v) is 4.70. The molecule has 3 rings (SSSR count). The summed E-state index contributed by atoms with van der Waals surface area (Å²) in [5, 5.41) is 3.59. The maximum Gasteiger partial charge on any atom is 0.257 e. The van der Waals surface area contributed by atoms with Crippen LogP contribution in [0.5, 0.6) is 0 Å². The Balaban J connectivity index is 1.97. The first-order valence-corrected chi connectivity index (χ1v) is 5.85. The topological polar surface area (TPSA) is 48.2 Å². The molecule has 5 heteroatoms. The van der Waals surface area contributed by atoms with Crippen molar-refractivity contribution in [2.45, 2.75) is 25.5 Å². The third-order valence-electron chi connectivity index (χ3n) is 2.77. The molecular weight excluding hydrogens is 240 g/mol. The smallest absolute Gasteiger partial charge is 0.257 e. The Labute approximate surface area is 104 Å². The summed E-state index contributed by atoms with van der Waals surface area (Å²) >= 11 is 5.89. The van der Waals surface area contributed by atoms with E-state index in [9.17, 15) is 0 Å². The highest BCUT2D eigenvalue weighted by molar-refractivity contribution is 6.20. The Morgan fingerprint density at radius 3 is 2.88 bits per heavy atom. The van der Waals surface area contributed by atoms with Gasteiger partial charge < -0.3 is 9.26 Å². The van der Waals surface area contributed by atoms with Crippen LogP contribution >= 0.6 is 11.6 Å². The number of ether oxygens (including phenoxy) is 1. The number of hydrogen-bond donors (Lipinski definition) is 0. The molecular formula is C12H11ClN2O2. The van der Waals surface area contributed by atoms with Gasteiger partial charge in [-0.05, 0) is 30.2 Å². The Morgan fingerprint density at radius 1 is 1.29 bits per heavy atom. The van der Waals surface area contributed by atoms with Crippen LogP contribution in [0.1, 0.15) is 29.3 Å². The normalized spacial score (nSPS) is 15.9. The number of nitrogens with zero attached hydrogens (tertiary/aromatic N) is 2. The van der Waals surface area contributed by atoms with Crippen molar-refractivity contribution in [3.8, 4) is 11.5 Å². The van der Waals surface area contributed by atoms with Gasteiger partial charge in [0, 0.05) is 5.56 Å². The van der Waals surface area contributed by atoms with Gasteiger partial charge in [0.25, 0.3) is 5.89 Å². The maximum absolute atomic E-state index is 5.89. The van der Waals surface area contributed by atoms with E-state index < -0.39 is 0 Å². The largest absolute Gasteiger partial charge is 0.372 e. The summed E-state index contributed by atoms with van der Waals surface area (Å²) in [7, 11) is 0. The number of benzene rings is 1. The highest BCUT2D eigenvalue weighted by Gasteiger charge is 2.16. The van der Waals surface area contributed by atoms with Gasteiger partial charge in [-0.1, -0.05) is 11.2 Å². The molecule has 0 N–H and O–H groups in total. The first-order valence-electron chi connectivity index (χ1n) is 5.41. The van der Waals surface area contributed by atoms with E-state index in [1.807, 2.05) is 25.1 Å². The summed E-state index contributed by atoms with van der Waals surface area (Å²) in [6, 6.07) is 6.02. The molecule has 0 saturated heterocycles. The highest BCUT2D eigenvalue weighted by Crippen LogP contribution is 2.27. The molecule has 17 heavy (non-hydrogen) atoms. The van der Waals surface area contributed by atoms with Gasteiger partial charge in [-0.25, -0.2) is 0 Å². The van der Waals surface area contributed by atoms with Crippen molar-refractivity contribution in [2.75, 3.05) is 0 Å². The highest BCUT2D eigenvalue weighted by atomic mass is 35.5. The number of halogens is 1. The van der Waals surface area contributed by atoms with Crippen molar-refractivity contribution in [3.63, 3.8) is 0 Å². The number of rotatable bonds is 2. The van der Waals surface area contributed by atoms with E-state index in [1.165, 1.54) is 11.1 Å². The summed E-state index contributed by atoms with van der Waals surface area (Å²) in [6.07, 6.45) is 0. The van der Waals surface area contributed by atoms with E-state index >= 15 is 0 Å². The van der Waals surface area contributed by atoms with Gasteiger partial charge in [-0.3, -0.25) is 0 Å². The summed E-state index contributed by atoms with van der Waals surface area (Å²) in [4.78, 5) is 4.25. The third-order valence-corrected chi connectivity index (χ3v) is 2.96. The number of hydrogen-bond acceptors (Lipinski definition) is 4. The molecule has 1 aliphatic rings. The van der Waals surface area contributed by atoms with Crippen molar-refractivity contribution >= 4 is 11.6 Å². The molecule has 0 bridgehead atoms. The van der Waals surface area contributed by atoms with Crippen LogP contribution < -0.4 is 0 Å². The molecule has 0 saturated carbocycles. The summed E-state index contributed by atoms with van der Waals surface area (Å²) in [5.41, 5.74) is 3.31. The first kappa shape index (κ1) is 10.7. The van der Waals surface area contributed by atoms with E-state index in [-0.39, 0.29) is 5.38 Å². The van der Waals surface area contributed by atoms with E-state index in [4.69, 9.17) is 20.9 Å². The molecule has 1 aromatic heterocycles. The van der Waals surface area contributed by atoms with Gasteiger partial charge in [-0.15, -0.1) is 11.6 Å². The molecule has 88 valence electrons. The lowest BCUT2D eigenvalue weighted by Gasteiger charge is -1.98. The molecule has 0 fully saturated rings. The zero-order valence-corrected chi connectivity index (χ0v) is 10.1. The molecule has 0 aliphatic carbocycles. The lowest BCUT2D eigenvalue weighted by Crippen LogP contribution is -1.88. The molecule has 4 nitrogen and oxygen atoms in total. The summed E-state index contributed by atoms with van der Waals surface area (Å²) in [6.45, 7) is 3.15. The van der Waals surface area contributed by atoms with Gasteiger partial charge in [0.2, 0.25) is 0 Å². The fraction of sp³-hybridized carbons (Fsp3) is 0.333. The van der Waals surface area contributed by atoms with Crippen molar-refractivity contribution in [3.05, 3.63) is 35.2 Å². The quantitative estimate of drug-likeness (QED) is 0.769. The standard InChI is InChI=1S/C12H11ClN2O2/c1-7(13)11-14-12(17-15-11)8-2-3-9-5-16-6-10(9)4-8/h2-4,7H,5-6H2,1H3. The lowest BCUT2D eigenvalue weighted by molar-refractivity contribution is 0.134. The monoisotopic (exact) mass is 250 g/mol. The number of aromatic nitrogens is 2. The fourth-order valence-corrected chi connectivity index (χ4v) is 1.91. The molecule has 1 unspecified atom stereocenters. The third kappa shape index (κ3) is 1.94. The van der Waals surface area contributed by atoms with Crippen LogP contribution in [0.15, 0.2) is 22.7 Å². The van der Waals surface area contributed by atoms with Gasteiger partial charge in [0.1, 0.15) is 0 Å². The van der Waals surface area contributed by atoms with Crippen LogP contribution in [0.25, 0.3) is 11.5 Å². The van der Waals surface area contributed by atoms with Crippen LogP contribution in [0.2, 0.25) is 0 Å². The average molecular weight is 251 g/mol. The molecule has 0 spiro atoms. The van der Waals surface area contributed by atoms with Crippen LogP contribution in [0, 0.1) is 0 Å². The average Bonchev–Trinajstić information content (AvgIpc) is 2.97. The van der Waals surface area contributed by atoms with Crippen LogP contribution in [-0.4, -0.2) is 10.1 Å². The van der Waals surface area contributed by atoms with E-state index in [0.29, 0.717) is 24.9 Å². The lowest BCUT2D eigenvalue weighted by atomic mass is 10.1. The minimum Gasteiger partial charge on any atom is -0.372 e. The van der Waals surface area contributed by atoms with Crippen molar-refractivity contribution < 1.29 is 9.26 Å². The predicted molar refractivity (Wildman–Crippen MR) is 62.5 cm³/mol. The van der Waals surface area contributed by atoms with E-state index in [0.717, 1.165) is 5.56 Å². The summed E-state index contributed by atoms with van der Waals surface area (Å²) < 4.78 is 10.5. The molecule has 2 heterocycles. The van der Waals surface area contributed by atoms with Crippen LogP contribution in [0.4, 0.5) is 0 Å². The minimum atomic E-state index is -0.245. The predicted octanol–water partition coefficient (Wildman–Crippen LogP) is 3.07. The molecule has 2 aromatic rings. The van der Waals surface area contributed by atoms with Gasteiger partial charge >= 0.3 is 0 Å². The van der Waals surface area contributed by atoms with Crippen LogP contribution in [-0.2, 0) is 18.0 Å².